The molecule has 4 heterocycles. The number of nitrogens with one attached hydrogen (secondary N) is 1. The van der Waals surface area contributed by atoms with Gasteiger partial charge < -0.3 is 19.9 Å². The molecule has 1 aliphatic heterocycles. The maximum atomic E-state index is 12.9. The number of aromatic nitrogens is 6. The van der Waals surface area contributed by atoms with Crippen molar-refractivity contribution < 1.29 is 9.53 Å². The van der Waals surface area contributed by atoms with Gasteiger partial charge in [-0.25, -0.2) is 14.6 Å². The number of hydrogen-bond acceptors (Lipinski definition) is 8. The summed E-state index contributed by atoms with van der Waals surface area (Å²) in [5.74, 6) is 1.47. The molecule has 3 aromatic heterocycles. The summed E-state index contributed by atoms with van der Waals surface area (Å²) in [4.78, 5) is 26.5. The van der Waals surface area contributed by atoms with Crippen LogP contribution in [0.5, 0.6) is 5.75 Å². The van der Waals surface area contributed by atoms with Crippen molar-refractivity contribution >= 4 is 28.4 Å². The monoisotopic (exact) mass is 523 g/mol. The van der Waals surface area contributed by atoms with Gasteiger partial charge in [-0.3, -0.25) is 9.48 Å². The summed E-state index contributed by atoms with van der Waals surface area (Å²) in [6.45, 7) is 3.41. The Balaban J connectivity index is 1.18. The van der Waals surface area contributed by atoms with Gasteiger partial charge in [-0.15, -0.1) is 0 Å². The van der Waals surface area contributed by atoms with Gasteiger partial charge >= 0.3 is 0 Å². The first-order chi connectivity index (χ1) is 19.1. The lowest BCUT2D eigenvalue weighted by atomic mass is 10.1. The van der Waals surface area contributed by atoms with E-state index in [0.29, 0.717) is 12.1 Å². The van der Waals surface area contributed by atoms with Crippen LogP contribution in [0.4, 0.5) is 11.5 Å². The zero-order chi connectivity index (χ0) is 26.8. The molecule has 0 saturated carbocycles. The van der Waals surface area contributed by atoms with E-state index in [2.05, 4.69) is 35.3 Å². The second kappa shape index (κ2) is 10.4. The number of methoxy groups -OCH3 is 1. The lowest BCUT2D eigenvalue weighted by Gasteiger charge is -2.37. The van der Waals surface area contributed by atoms with Crippen LogP contribution in [-0.4, -0.2) is 68.7 Å². The number of anilines is 2. The summed E-state index contributed by atoms with van der Waals surface area (Å²) < 4.78 is 9.21. The Labute approximate surface area is 225 Å². The number of fused-ring (bicyclic) bond motifs is 1. The van der Waals surface area contributed by atoms with Crippen molar-refractivity contribution in [2.75, 3.05) is 43.1 Å². The number of carbonyl (C=O) groups is 1. The largest absolute Gasteiger partial charge is 0.495 e. The molecule has 11 heteroatoms. The van der Waals surface area contributed by atoms with E-state index in [1.807, 2.05) is 66.6 Å². The Kier molecular flexibility index (Phi) is 6.54. The highest BCUT2D eigenvalue weighted by atomic mass is 16.5. The number of ether oxygens (including phenoxy) is 1. The minimum Gasteiger partial charge on any atom is -0.495 e. The summed E-state index contributed by atoms with van der Waals surface area (Å²) in [6.07, 6.45) is 7.07. The fraction of sp³-hybridized carbons (Fsp3) is 0.250. The molecule has 198 valence electrons. The van der Waals surface area contributed by atoms with Crippen molar-refractivity contribution in [3.05, 3.63) is 84.6 Å². The third-order valence-corrected chi connectivity index (χ3v) is 6.92. The van der Waals surface area contributed by atoms with Crippen molar-refractivity contribution in [2.45, 2.75) is 6.54 Å². The standard InChI is InChI=1S/C28H29N9O2/c1-34-18-20(16-32-34)15-29-28(38)21-8-9-25(39-2)24(14-21)35-10-12-36(13-11-35)26-23-17-33-37(27(23)31-19-30-26)22-6-4-3-5-7-22/h3-9,14,16-19H,10-13,15H2,1-2H3,(H,29,38). The van der Waals surface area contributed by atoms with Gasteiger partial charge in [0.05, 0.1) is 36.3 Å². The lowest BCUT2D eigenvalue weighted by Crippen LogP contribution is -2.47. The highest BCUT2D eigenvalue weighted by Crippen LogP contribution is 2.32. The van der Waals surface area contributed by atoms with Crippen LogP contribution in [0.1, 0.15) is 15.9 Å². The van der Waals surface area contributed by atoms with Crippen LogP contribution in [0, 0.1) is 0 Å². The van der Waals surface area contributed by atoms with Crippen LogP contribution < -0.4 is 19.9 Å². The molecule has 1 aliphatic rings. The predicted octanol–water partition coefficient (Wildman–Crippen LogP) is 2.81. The number of nitrogens with zero attached hydrogens (tertiary/aromatic N) is 8. The minimum atomic E-state index is -0.139. The SMILES string of the molecule is COc1ccc(C(=O)NCc2cnn(C)c2)cc1N1CCN(c2ncnc3c2cnn3-c2ccccc2)CC1. The number of rotatable bonds is 7. The van der Waals surface area contributed by atoms with Crippen LogP contribution in [0.2, 0.25) is 0 Å². The van der Waals surface area contributed by atoms with Crippen molar-refractivity contribution in [2.24, 2.45) is 7.05 Å². The Morgan fingerprint density at radius 2 is 1.77 bits per heavy atom. The first kappa shape index (κ1) is 24.4. The third kappa shape index (κ3) is 4.86. The van der Waals surface area contributed by atoms with E-state index in [1.165, 1.54) is 0 Å². The van der Waals surface area contributed by atoms with Gasteiger partial charge in [0.15, 0.2) is 5.65 Å². The van der Waals surface area contributed by atoms with Gasteiger partial charge in [-0.2, -0.15) is 10.2 Å². The first-order valence-electron chi connectivity index (χ1n) is 12.8. The van der Waals surface area contributed by atoms with E-state index in [1.54, 1.807) is 30.4 Å². The molecule has 1 saturated heterocycles. The fourth-order valence-corrected chi connectivity index (χ4v) is 4.93. The summed E-state index contributed by atoms with van der Waals surface area (Å²) in [6, 6.07) is 15.5. The van der Waals surface area contributed by atoms with Gasteiger partial charge in [0.2, 0.25) is 0 Å². The number of aryl methyl sites for hydroxylation is 1. The van der Waals surface area contributed by atoms with E-state index in [4.69, 9.17) is 4.74 Å². The highest BCUT2D eigenvalue weighted by Gasteiger charge is 2.24. The summed E-state index contributed by atoms with van der Waals surface area (Å²) in [5.41, 5.74) is 4.17. The molecule has 39 heavy (non-hydrogen) atoms. The molecule has 1 fully saturated rings. The number of amides is 1. The van der Waals surface area contributed by atoms with Gasteiger partial charge in [0.1, 0.15) is 17.9 Å². The fourth-order valence-electron chi connectivity index (χ4n) is 4.93. The molecule has 0 spiro atoms. The molecule has 1 N–H and O–H groups in total. The van der Waals surface area contributed by atoms with Crippen LogP contribution >= 0.6 is 0 Å². The second-order valence-electron chi connectivity index (χ2n) is 9.39. The zero-order valence-electron chi connectivity index (χ0n) is 21.9. The quantitative estimate of drug-likeness (QED) is 0.347. The Morgan fingerprint density at radius 3 is 2.51 bits per heavy atom. The number of benzene rings is 2. The molecular formula is C28H29N9O2. The number of para-hydroxylation sites is 1. The molecule has 0 bridgehead atoms. The lowest BCUT2D eigenvalue weighted by molar-refractivity contribution is 0.0951. The normalized spacial score (nSPS) is 13.6. The molecular weight excluding hydrogens is 494 g/mol. The average Bonchev–Trinajstić information content (AvgIpc) is 3.62. The molecule has 0 radical (unpaired) electrons. The molecule has 0 unspecified atom stereocenters. The molecule has 5 aromatic rings. The smallest absolute Gasteiger partial charge is 0.251 e. The molecule has 11 nitrogen and oxygen atoms in total. The second-order valence-corrected chi connectivity index (χ2v) is 9.39. The van der Waals surface area contributed by atoms with Crippen molar-refractivity contribution in [1.29, 1.82) is 0 Å². The van der Waals surface area contributed by atoms with E-state index in [9.17, 15) is 4.79 Å². The molecule has 0 atom stereocenters. The Bertz CT molecular complexity index is 1600. The predicted molar refractivity (Wildman–Crippen MR) is 148 cm³/mol. The van der Waals surface area contributed by atoms with Crippen molar-refractivity contribution in [1.82, 2.24) is 34.8 Å². The van der Waals surface area contributed by atoms with E-state index < -0.39 is 0 Å². The van der Waals surface area contributed by atoms with Crippen LogP contribution in [0.3, 0.4) is 0 Å². The van der Waals surface area contributed by atoms with E-state index >= 15 is 0 Å². The summed E-state index contributed by atoms with van der Waals surface area (Å²) in [5, 5.41) is 12.6. The van der Waals surface area contributed by atoms with Gasteiger partial charge in [0, 0.05) is 57.1 Å². The zero-order valence-corrected chi connectivity index (χ0v) is 21.9. The summed E-state index contributed by atoms with van der Waals surface area (Å²) in [7, 11) is 3.51. The maximum Gasteiger partial charge on any atom is 0.251 e. The van der Waals surface area contributed by atoms with Gasteiger partial charge in [-0.05, 0) is 30.3 Å². The third-order valence-electron chi connectivity index (χ3n) is 6.92. The van der Waals surface area contributed by atoms with Gasteiger partial charge in [0.25, 0.3) is 5.91 Å². The summed E-state index contributed by atoms with van der Waals surface area (Å²) >= 11 is 0. The van der Waals surface area contributed by atoms with E-state index in [0.717, 1.165) is 65.7 Å². The van der Waals surface area contributed by atoms with Crippen molar-refractivity contribution in [3.8, 4) is 11.4 Å². The highest BCUT2D eigenvalue weighted by molar-refractivity contribution is 5.95. The van der Waals surface area contributed by atoms with Crippen LogP contribution in [0.25, 0.3) is 16.7 Å². The van der Waals surface area contributed by atoms with E-state index in [-0.39, 0.29) is 5.91 Å². The number of hydrogen-bond donors (Lipinski definition) is 1. The number of carbonyl (C=O) groups excluding carboxylic acids is 1. The van der Waals surface area contributed by atoms with Gasteiger partial charge in [-0.1, -0.05) is 18.2 Å². The average molecular weight is 524 g/mol. The molecule has 2 aromatic carbocycles. The first-order valence-corrected chi connectivity index (χ1v) is 12.8. The Morgan fingerprint density at radius 1 is 0.974 bits per heavy atom. The Hall–Kier alpha value is -4.93. The number of piperazine rings is 1. The topological polar surface area (TPSA) is 106 Å². The van der Waals surface area contributed by atoms with Crippen LogP contribution in [-0.2, 0) is 13.6 Å². The molecule has 6 rings (SSSR count). The van der Waals surface area contributed by atoms with Crippen LogP contribution in [0.15, 0.2) is 73.4 Å². The maximum absolute atomic E-state index is 12.9. The molecule has 0 aliphatic carbocycles. The minimum absolute atomic E-state index is 0.139. The molecule has 1 amide bonds. The van der Waals surface area contributed by atoms with Crippen molar-refractivity contribution in [3.63, 3.8) is 0 Å².